The van der Waals surface area contributed by atoms with Gasteiger partial charge in [-0.15, -0.1) is 0 Å². The SMILES string of the molecule is CCOC(=O)c1ccc(C#CC(F)(F)F)cc1OCC. The Balaban J connectivity index is 3.12. The topological polar surface area (TPSA) is 35.5 Å². The number of ether oxygens (including phenoxy) is 2. The van der Waals surface area contributed by atoms with Gasteiger partial charge < -0.3 is 9.47 Å². The van der Waals surface area contributed by atoms with Crippen molar-refractivity contribution >= 4 is 5.97 Å². The van der Waals surface area contributed by atoms with Crippen LogP contribution < -0.4 is 4.74 Å². The lowest BCUT2D eigenvalue weighted by Crippen LogP contribution is -2.08. The van der Waals surface area contributed by atoms with Crippen LogP contribution in [0.2, 0.25) is 0 Å². The molecule has 0 saturated heterocycles. The summed E-state index contributed by atoms with van der Waals surface area (Å²) < 4.78 is 46.1. The van der Waals surface area contributed by atoms with Gasteiger partial charge in [-0.2, -0.15) is 13.2 Å². The summed E-state index contributed by atoms with van der Waals surface area (Å²) in [4.78, 5) is 11.7. The molecular weight excluding hydrogens is 273 g/mol. The van der Waals surface area contributed by atoms with E-state index in [1.165, 1.54) is 18.2 Å². The summed E-state index contributed by atoms with van der Waals surface area (Å²) in [5, 5.41) is 0. The first-order valence-electron chi connectivity index (χ1n) is 5.91. The molecule has 1 aromatic carbocycles. The van der Waals surface area contributed by atoms with E-state index in [9.17, 15) is 18.0 Å². The Kier molecular flexibility index (Phi) is 5.44. The van der Waals surface area contributed by atoms with Gasteiger partial charge in [0.1, 0.15) is 11.3 Å². The van der Waals surface area contributed by atoms with Crippen molar-refractivity contribution in [2.45, 2.75) is 20.0 Å². The van der Waals surface area contributed by atoms with Crippen molar-refractivity contribution in [1.29, 1.82) is 0 Å². The summed E-state index contributed by atoms with van der Waals surface area (Å²) in [6.45, 7) is 3.81. The Morgan fingerprint density at radius 2 is 1.95 bits per heavy atom. The van der Waals surface area contributed by atoms with Gasteiger partial charge in [-0.25, -0.2) is 4.79 Å². The van der Waals surface area contributed by atoms with Crippen LogP contribution in [0.4, 0.5) is 13.2 Å². The van der Waals surface area contributed by atoms with E-state index in [1.54, 1.807) is 13.8 Å². The van der Waals surface area contributed by atoms with Crippen molar-refractivity contribution in [3.05, 3.63) is 29.3 Å². The summed E-state index contributed by atoms with van der Waals surface area (Å²) in [5.41, 5.74) is 0.269. The second kappa shape index (κ2) is 6.85. The van der Waals surface area contributed by atoms with Gasteiger partial charge in [0.05, 0.1) is 13.2 Å². The first-order valence-corrected chi connectivity index (χ1v) is 5.91. The van der Waals surface area contributed by atoms with Crippen LogP contribution >= 0.6 is 0 Å². The van der Waals surface area contributed by atoms with Crippen LogP contribution in [0.15, 0.2) is 18.2 Å². The summed E-state index contributed by atoms with van der Waals surface area (Å²) in [6, 6.07) is 3.94. The number of hydrogen-bond acceptors (Lipinski definition) is 3. The highest BCUT2D eigenvalue weighted by molar-refractivity contribution is 5.92. The van der Waals surface area contributed by atoms with E-state index < -0.39 is 12.1 Å². The molecule has 20 heavy (non-hydrogen) atoms. The molecule has 6 heteroatoms. The van der Waals surface area contributed by atoms with Crippen molar-refractivity contribution < 1.29 is 27.4 Å². The molecule has 0 N–H and O–H groups in total. The quantitative estimate of drug-likeness (QED) is 0.630. The molecule has 0 aliphatic heterocycles. The maximum Gasteiger partial charge on any atom is 0.458 e. The third-order valence-corrected chi connectivity index (χ3v) is 2.13. The van der Waals surface area contributed by atoms with Gasteiger partial charge in [-0.05, 0) is 32.0 Å². The van der Waals surface area contributed by atoms with Crippen LogP contribution in [0, 0.1) is 11.8 Å². The van der Waals surface area contributed by atoms with Crippen molar-refractivity contribution in [2.75, 3.05) is 13.2 Å². The molecule has 0 aromatic heterocycles. The van der Waals surface area contributed by atoms with E-state index >= 15 is 0 Å². The zero-order chi connectivity index (χ0) is 15.2. The molecule has 1 rings (SSSR count). The lowest BCUT2D eigenvalue weighted by molar-refractivity contribution is -0.0696. The molecule has 0 spiro atoms. The number of carbonyl (C=O) groups is 1. The number of rotatable bonds is 4. The molecule has 0 aliphatic rings. The van der Waals surface area contributed by atoms with Crippen LogP contribution in [-0.2, 0) is 4.74 Å². The third-order valence-electron chi connectivity index (χ3n) is 2.13. The van der Waals surface area contributed by atoms with Gasteiger partial charge in [0, 0.05) is 11.5 Å². The molecule has 0 heterocycles. The minimum absolute atomic E-state index is 0.110. The van der Waals surface area contributed by atoms with Crippen LogP contribution in [0.25, 0.3) is 0 Å². The molecule has 0 atom stereocenters. The van der Waals surface area contributed by atoms with Gasteiger partial charge in [-0.3, -0.25) is 0 Å². The molecule has 0 aliphatic carbocycles. The maximum absolute atomic E-state index is 12.0. The lowest BCUT2D eigenvalue weighted by atomic mass is 10.1. The van der Waals surface area contributed by atoms with Crippen molar-refractivity contribution in [2.24, 2.45) is 0 Å². The number of alkyl halides is 3. The smallest absolute Gasteiger partial charge is 0.458 e. The molecule has 0 saturated carbocycles. The highest BCUT2D eigenvalue weighted by Crippen LogP contribution is 2.22. The standard InChI is InChI=1S/C14H13F3O3/c1-3-19-12-9-10(7-8-14(15,16)17)5-6-11(12)13(18)20-4-2/h5-6,9H,3-4H2,1-2H3. The molecule has 108 valence electrons. The molecule has 0 bridgehead atoms. The fraction of sp³-hybridized carbons (Fsp3) is 0.357. The number of halogens is 3. The second-order valence-electron chi connectivity index (χ2n) is 3.61. The second-order valence-corrected chi connectivity index (χ2v) is 3.61. The number of benzene rings is 1. The minimum atomic E-state index is -4.56. The van der Waals surface area contributed by atoms with E-state index in [1.807, 2.05) is 5.92 Å². The zero-order valence-electron chi connectivity index (χ0n) is 11.0. The molecule has 1 aromatic rings. The predicted molar refractivity (Wildman–Crippen MR) is 66.5 cm³/mol. The summed E-state index contributed by atoms with van der Waals surface area (Å²) >= 11 is 0. The normalized spacial score (nSPS) is 10.4. The molecule has 0 fully saturated rings. The van der Waals surface area contributed by atoms with Gasteiger partial charge in [0.2, 0.25) is 0 Å². The minimum Gasteiger partial charge on any atom is -0.493 e. The Bertz CT molecular complexity index is 539. The fourth-order valence-electron chi connectivity index (χ4n) is 1.40. The molecule has 0 radical (unpaired) electrons. The highest BCUT2D eigenvalue weighted by atomic mass is 19.4. The summed E-state index contributed by atoms with van der Waals surface area (Å²) in [7, 11) is 0. The van der Waals surface area contributed by atoms with Crippen LogP contribution in [0.1, 0.15) is 29.8 Å². The Labute approximate surface area is 114 Å². The van der Waals surface area contributed by atoms with Crippen molar-refractivity contribution in [3.8, 4) is 17.6 Å². The molecule has 3 nitrogen and oxygen atoms in total. The number of hydrogen-bond donors (Lipinski definition) is 0. The van der Waals surface area contributed by atoms with E-state index in [0.717, 1.165) is 5.92 Å². The highest BCUT2D eigenvalue weighted by Gasteiger charge is 2.23. The Morgan fingerprint density at radius 1 is 1.25 bits per heavy atom. The van der Waals surface area contributed by atoms with Crippen molar-refractivity contribution in [3.63, 3.8) is 0 Å². The number of esters is 1. The average Bonchev–Trinajstić information content (AvgIpc) is 2.36. The van der Waals surface area contributed by atoms with Gasteiger partial charge >= 0.3 is 12.1 Å². The predicted octanol–water partition coefficient (Wildman–Crippen LogP) is 3.18. The fourth-order valence-corrected chi connectivity index (χ4v) is 1.40. The van der Waals surface area contributed by atoms with Gasteiger partial charge in [0.25, 0.3) is 0 Å². The third kappa shape index (κ3) is 4.84. The Hall–Kier alpha value is -2.16. The first kappa shape index (κ1) is 15.9. The summed E-state index contributed by atoms with van der Waals surface area (Å²) in [5.74, 6) is 2.70. The van der Waals surface area contributed by atoms with Crippen molar-refractivity contribution in [1.82, 2.24) is 0 Å². The zero-order valence-corrected chi connectivity index (χ0v) is 11.0. The van der Waals surface area contributed by atoms with E-state index in [0.29, 0.717) is 0 Å². The Morgan fingerprint density at radius 3 is 2.50 bits per heavy atom. The monoisotopic (exact) mass is 286 g/mol. The first-order chi connectivity index (χ1) is 9.37. The van der Waals surface area contributed by atoms with Crippen LogP contribution in [-0.4, -0.2) is 25.4 Å². The molecule has 0 unspecified atom stereocenters. The molecule has 0 amide bonds. The largest absolute Gasteiger partial charge is 0.493 e. The maximum atomic E-state index is 12.0. The van der Waals surface area contributed by atoms with Crippen LogP contribution in [0.5, 0.6) is 5.75 Å². The average molecular weight is 286 g/mol. The van der Waals surface area contributed by atoms with E-state index in [4.69, 9.17) is 9.47 Å². The van der Waals surface area contributed by atoms with E-state index in [2.05, 4.69) is 0 Å². The van der Waals surface area contributed by atoms with Crippen LogP contribution in [0.3, 0.4) is 0 Å². The summed E-state index contributed by atoms with van der Waals surface area (Å²) in [6.07, 6.45) is -4.56. The molecular formula is C14H13F3O3. The van der Waals surface area contributed by atoms with Gasteiger partial charge in [0.15, 0.2) is 0 Å². The van der Waals surface area contributed by atoms with E-state index in [-0.39, 0.29) is 30.1 Å². The lowest BCUT2D eigenvalue weighted by Gasteiger charge is -2.09. The van der Waals surface area contributed by atoms with Gasteiger partial charge in [-0.1, -0.05) is 5.92 Å². The number of carbonyl (C=O) groups excluding carboxylic acids is 1.